The number of aliphatic imine (C=N–C) groups is 1. The maximum atomic E-state index is 13.7. The lowest BCUT2D eigenvalue weighted by atomic mass is 10.0. The Morgan fingerprint density at radius 3 is 2.88 bits per heavy atom. The Hall–Kier alpha value is -2.02. The first kappa shape index (κ1) is 17.8. The molecule has 25 heavy (non-hydrogen) atoms. The molecule has 0 atom stereocenters. The molecule has 0 amide bonds. The number of rotatable bonds is 4. The molecular weight excluding hydrogens is 342 g/mol. The van der Waals surface area contributed by atoms with Gasteiger partial charge in [0.2, 0.25) is 0 Å². The number of fused-ring (bicyclic) bond motifs is 1. The molecule has 0 unspecified atom stereocenters. The number of aryl methyl sites for hydroxylation is 2. The van der Waals surface area contributed by atoms with E-state index in [4.69, 9.17) is 4.98 Å². The van der Waals surface area contributed by atoms with Gasteiger partial charge in [-0.1, -0.05) is 0 Å². The predicted octanol–water partition coefficient (Wildman–Crippen LogP) is 3.51. The van der Waals surface area contributed by atoms with E-state index >= 15 is 0 Å². The summed E-state index contributed by atoms with van der Waals surface area (Å²) in [6.45, 7) is 0.817. The first-order valence-electron chi connectivity index (χ1n) is 8.40. The number of guanidine groups is 1. The zero-order chi connectivity index (χ0) is 17.8. The second-order valence-corrected chi connectivity index (χ2v) is 7.35. The summed E-state index contributed by atoms with van der Waals surface area (Å²) in [5, 5.41) is 4.15. The van der Waals surface area contributed by atoms with Crippen molar-refractivity contribution in [3.63, 3.8) is 0 Å². The van der Waals surface area contributed by atoms with Gasteiger partial charge in [0.05, 0.1) is 12.2 Å². The van der Waals surface area contributed by atoms with Crippen LogP contribution in [0.15, 0.2) is 23.2 Å². The fourth-order valence-electron chi connectivity index (χ4n) is 2.99. The van der Waals surface area contributed by atoms with Crippen LogP contribution in [-0.2, 0) is 25.9 Å². The van der Waals surface area contributed by atoms with Gasteiger partial charge in [-0.2, -0.15) is 0 Å². The number of halogens is 2. The lowest BCUT2D eigenvalue weighted by Crippen LogP contribution is -2.38. The minimum Gasteiger partial charge on any atom is -0.352 e. The van der Waals surface area contributed by atoms with E-state index in [1.807, 2.05) is 11.9 Å². The highest BCUT2D eigenvalue weighted by Crippen LogP contribution is 2.27. The average molecular weight is 364 g/mol. The summed E-state index contributed by atoms with van der Waals surface area (Å²) in [7, 11) is 3.59. The predicted molar refractivity (Wildman–Crippen MR) is 96.8 cm³/mol. The molecule has 1 aliphatic carbocycles. The zero-order valence-electron chi connectivity index (χ0n) is 14.5. The van der Waals surface area contributed by atoms with E-state index in [-0.39, 0.29) is 12.1 Å². The lowest BCUT2D eigenvalue weighted by molar-refractivity contribution is 0.472. The molecule has 1 aromatic heterocycles. The van der Waals surface area contributed by atoms with Crippen molar-refractivity contribution in [3.05, 3.63) is 51.0 Å². The second kappa shape index (κ2) is 7.91. The summed E-state index contributed by atoms with van der Waals surface area (Å²) in [5.74, 6) is -0.258. The molecule has 2 aromatic rings. The molecule has 134 valence electrons. The Morgan fingerprint density at radius 1 is 1.32 bits per heavy atom. The molecular formula is C18H22F2N4S. The summed E-state index contributed by atoms with van der Waals surface area (Å²) in [5.41, 5.74) is 1.52. The molecule has 3 rings (SSSR count). The fourth-order valence-corrected chi connectivity index (χ4v) is 4.20. The van der Waals surface area contributed by atoms with Gasteiger partial charge in [-0.25, -0.2) is 13.8 Å². The number of hydrogen-bond donors (Lipinski definition) is 1. The standard InChI is InChI=1S/C18H22F2N4S/c1-21-18(22-10-12-9-13(19)7-8-14(12)20)24(2)11-17-23-15-5-3-4-6-16(15)25-17/h7-9H,3-6,10-11H2,1-2H3,(H,21,22). The Labute approximate surface area is 150 Å². The highest BCUT2D eigenvalue weighted by atomic mass is 32.1. The van der Waals surface area contributed by atoms with Crippen LogP contribution in [0.4, 0.5) is 8.78 Å². The van der Waals surface area contributed by atoms with Crippen LogP contribution in [0.25, 0.3) is 0 Å². The maximum absolute atomic E-state index is 13.7. The van der Waals surface area contributed by atoms with Crippen molar-refractivity contribution in [2.24, 2.45) is 4.99 Å². The Kier molecular flexibility index (Phi) is 5.63. The molecule has 0 saturated heterocycles. The van der Waals surface area contributed by atoms with Gasteiger partial charge in [-0.05, 0) is 43.9 Å². The maximum Gasteiger partial charge on any atom is 0.194 e. The molecule has 7 heteroatoms. The molecule has 1 aliphatic rings. The van der Waals surface area contributed by atoms with Crippen molar-refractivity contribution in [2.75, 3.05) is 14.1 Å². The Bertz CT molecular complexity index is 749. The SMILES string of the molecule is CN=C(NCc1cc(F)ccc1F)N(C)Cc1nc2c(s1)CCCC2. The quantitative estimate of drug-likeness (QED) is 0.667. The van der Waals surface area contributed by atoms with E-state index in [0.717, 1.165) is 30.0 Å². The van der Waals surface area contributed by atoms with E-state index in [0.29, 0.717) is 12.5 Å². The van der Waals surface area contributed by atoms with E-state index in [9.17, 15) is 8.78 Å². The topological polar surface area (TPSA) is 40.5 Å². The van der Waals surface area contributed by atoms with E-state index in [2.05, 4.69) is 10.3 Å². The van der Waals surface area contributed by atoms with Gasteiger partial charge in [0.25, 0.3) is 0 Å². The Balaban J connectivity index is 1.62. The van der Waals surface area contributed by atoms with Crippen molar-refractivity contribution in [2.45, 2.75) is 38.8 Å². The zero-order valence-corrected chi connectivity index (χ0v) is 15.3. The number of thiazole rings is 1. The van der Waals surface area contributed by atoms with Gasteiger partial charge < -0.3 is 10.2 Å². The van der Waals surface area contributed by atoms with Crippen molar-refractivity contribution in [1.82, 2.24) is 15.2 Å². The molecule has 1 heterocycles. The number of aromatic nitrogens is 1. The minimum atomic E-state index is -0.449. The summed E-state index contributed by atoms with van der Waals surface area (Å²) < 4.78 is 27.0. The van der Waals surface area contributed by atoms with E-state index in [1.54, 1.807) is 18.4 Å². The summed E-state index contributed by atoms with van der Waals surface area (Å²) in [6, 6.07) is 3.45. The molecule has 0 radical (unpaired) electrons. The minimum absolute atomic E-state index is 0.176. The van der Waals surface area contributed by atoms with Gasteiger partial charge in [0.15, 0.2) is 5.96 Å². The van der Waals surface area contributed by atoms with Crippen LogP contribution >= 0.6 is 11.3 Å². The third-order valence-corrected chi connectivity index (χ3v) is 5.42. The summed E-state index contributed by atoms with van der Waals surface area (Å²) in [4.78, 5) is 12.3. The first-order valence-corrected chi connectivity index (χ1v) is 9.21. The molecule has 0 saturated carbocycles. The molecule has 4 nitrogen and oxygen atoms in total. The van der Waals surface area contributed by atoms with Crippen LogP contribution in [0.5, 0.6) is 0 Å². The second-order valence-electron chi connectivity index (χ2n) is 6.18. The molecule has 1 aromatic carbocycles. The van der Waals surface area contributed by atoms with E-state index < -0.39 is 11.6 Å². The Morgan fingerprint density at radius 2 is 2.12 bits per heavy atom. The lowest BCUT2D eigenvalue weighted by Gasteiger charge is -2.21. The molecule has 0 aliphatic heterocycles. The van der Waals surface area contributed by atoms with Crippen molar-refractivity contribution in [3.8, 4) is 0 Å². The van der Waals surface area contributed by atoms with Crippen molar-refractivity contribution in [1.29, 1.82) is 0 Å². The van der Waals surface area contributed by atoms with Gasteiger partial charge in [-0.15, -0.1) is 11.3 Å². The molecule has 0 spiro atoms. The van der Waals surface area contributed by atoms with Crippen molar-refractivity contribution >= 4 is 17.3 Å². The first-order chi connectivity index (χ1) is 12.1. The summed E-state index contributed by atoms with van der Waals surface area (Å²) in [6.07, 6.45) is 4.66. The van der Waals surface area contributed by atoms with Crippen LogP contribution in [0.2, 0.25) is 0 Å². The highest BCUT2D eigenvalue weighted by Gasteiger charge is 2.17. The monoisotopic (exact) mass is 364 g/mol. The third kappa shape index (κ3) is 4.34. The van der Waals surface area contributed by atoms with Crippen LogP contribution < -0.4 is 5.32 Å². The van der Waals surface area contributed by atoms with Gasteiger partial charge >= 0.3 is 0 Å². The molecule has 1 N–H and O–H groups in total. The highest BCUT2D eigenvalue weighted by molar-refractivity contribution is 7.11. The largest absolute Gasteiger partial charge is 0.352 e. The van der Waals surface area contributed by atoms with Crippen molar-refractivity contribution < 1.29 is 8.78 Å². The third-order valence-electron chi connectivity index (χ3n) is 4.28. The van der Waals surface area contributed by atoms with Gasteiger partial charge in [0.1, 0.15) is 16.6 Å². The van der Waals surface area contributed by atoms with Gasteiger partial charge in [-0.3, -0.25) is 4.99 Å². The van der Waals surface area contributed by atoms with Crippen LogP contribution in [0.1, 0.15) is 34.0 Å². The van der Waals surface area contributed by atoms with Crippen LogP contribution in [-0.4, -0.2) is 29.9 Å². The normalized spacial score (nSPS) is 14.3. The number of nitrogens with zero attached hydrogens (tertiary/aromatic N) is 3. The van der Waals surface area contributed by atoms with Crippen LogP contribution in [0, 0.1) is 11.6 Å². The molecule has 0 bridgehead atoms. The van der Waals surface area contributed by atoms with Gasteiger partial charge in [0, 0.05) is 31.1 Å². The smallest absolute Gasteiger partial charge is 0.194 e. The number of benzene rings is 1. The fraction of sp³-hybridized carbons (Fsp3) is 0.444. The summed E-state index contributed by atoms with van der Waals surface area (Å²) >= 11 is 1.77. The number of hydrogen-bond acceptors (Lipinski definition) is 3. The number of nitrogens with one attached hydrogen (secondary N) is 1. The van der Waals surface area contributed by atoms with Crippen LogP contribution in [0.3, 0.4) is 0 Å². The van der Waals surface area contributed by atoms with E-state index in [1.165, 1.54) is 29.5 Å². The molecule has 0 fully saturated rings. The average Bonchev–Trinajstić information content (AvgIpc) is 3.00.